The number of rotatable bonds is 7. The lowest BCUT2D eigenvalue weighted by Gasteiger charge is -2.24. The Morgan fingerprint density at radius 3 is 2.38 bits per heavy atom. The Bertz CT molecular complexity index is 624. The van der Waals surface area contributed by atoms with E-state index in [-0.39, 0.29) is 17.9 Å². The third-order valence-corrected chi connectivity index (χ3v) is 4.56. The Morgan fingerprint density at radius 1 is 1.15 bits per heavy atom. The summed E-state index contributed by atoms with van der Waals surface area (Å²) >= 11 is 0. The predicted octanol–water partition coefficient (Wildman–Crippen LogP) is 2.40. The molecule has 2 amide bonds. The van der Waals surface area contributed by atoms with Gasteiger partial charge < -0.3 is 10.6 Å². The summed E-state index contributed by atoms with van der Waals surface area (Å²) in [6.07, 6.45) is 2.60. The van der Waals surface area contributed by atoms with Crippen molar-refractivity contribution in [3.63, 3.8) is 0 Å². The Balaban J connectivity index is 1.94. The fourth-order valence-electron chi connectivity index (χ4n) is 2.96. The fourth-order valence-corrected chi connectivity index (χ4v) is 2.96. The van der Waals surface area contributed by atoms with Crippen LogP contribution in [-0.4, -0.2) is 42.3 Å². The molecule has 26 heavy (non-hydrogen) atoms. The summed E-state index contributed by atoms with van der Waals surface area (Å²) in [5.41, 5.74) is 2.51. The lowest BCUT2D eigenvalue weighted by molar-refractivity contribution is -0.147. The summed E-state index contributed by atoms with van der Waals surface area (Å²) < 4.78 is 0. The van der Waals surface area contributed by atoms with Crippen LogP contribution in [0.5, 0.6) is 0 Å². The van der Waals surface area contributed by atoms with Gasteiger partial charge in [0.15, 0.2) is 5.96 Å². The number of hydrogen-bond donors (Lipinski definition) is 2. The molecule has 142 valence electrons. The summed E-state index contributed by atoms with van der Waals surface area (Å²) in [5.74, 6) is 0.522. The molecule has 1 atom stereocenters. The van der Waals surface area contributed by atoms with Gasteiger partial charge in [0.2, 0.25) is 11.8 Å². The average molecular weight is 358 g/mol. The zero-order valence-corrected chi connectivity index (χ0v) is 16.0. The van der Waals surface area contributed by atoms with Gasteiger partial charge in [-0.3, -0.25) is 19.5 Å². The highest BCUT2D eigenvalue weighted by atomic mass is 16.2. The minimum Gasteiger partial charge on any atom is -0.357 e. The summed E-state index contributed by atoms with van der Waals surface area (Å²) in [6, 6.07) is 8.66. The van der Waals surface area contributed by atoms with Crippen molar-refractivity contribution in [1.29, 1.82) is 0 Å². The lowest BCUT2D eigenvalue weighted by Crippen LogP contribution is -2.42. The van der Waals surface area contributed by atoms with Crippen molar-refractivity contribution in [2.75, 3.05) is 19.6 Å². The standard InChI is InChI=1S/C20H30N4O2/c1-4-16-9-11-17(12-10-16)15(3)23-20(21-5-2)22-13-14-24-18(25)7-6-8-19(24)26/h9-12,15H,4-8,13-14H2,1-3H3,(H2,21,22,23). The van der Waals surface area contributed by atoms with Crippen molar-refractivity contribution in [3.05, 3.63) is 35.4 Å². The summed E-state index contributed by atoms with van der Waals surface area (Å²) in [7, 11) is 0. The fraction of sp³-hybridized carbons (Fsp3) is 0.550. The monoisotopic (exact) mass is 358 g/mol. The number of nitrogens with zero attached hydrogens (tertiary/aromatic N) is 2. The minimum atomic E-state index is -0.0845. The van der Waals surface area contributed by atoms with Gasteiger partial charge in [-0.25, -0.2) is 0 Å². The van der Waals surface area contributed by atoms with Gasteiger partial charge in [-0.05, 0) is 37.8 Å². The zero-order chi connectivity index (χ0) is 18.9. The van der Waals surface area contributed by atoms with Crippen molar-refractivity contribution < 1.29 is 9.59 Å². The van der Waals surface area contributed by atoms with Crippen molar-refractivity contribution >= 4 is 17.8 Å². The van der Waals surface area contributed by atoms with E-state index in [0.717, 1.165) is 13.0 Å². The van der Waals surface area contributed by atoms with Gasteiger partial charge >= 0.3 is 0 Å². The Kier molecular flexibility index (Phi) is 7.63. The van der Waals surface area contributed by atoms with Gasteiger partial charge in [-0.15, -0.1) is 0 Å². The molecule has 0 spiro atoms. The first-order valence-electron chi connectivity index (χ1n) is 9.52. The minimum absolute atomic E-state index is 0.0845. The molecule has 6 nitrogen and oxygen atoms in total. The van der Waals surface area contributed by atoms with Crippen LogP contribution in [0.3, 0.4) is 0 Å². The van der Waals surface area contributed by atoms with Crippen LogP contribution in [0, 0.1) is 0 Å². The number of carbonyl (C=O) groups excluding carboxylic acids is 2. The molecule has 0 radical (unpaired) electrons. The first-order chi connectivity index (χ1) is 12.5. The van der Waals surface area contributed by atoms with E-state index in [1.54, 1.807) is 0 Å². The van der Waals surface area contributed by atoms with E-state index in [0.29, 0.717) is 38.3 Å². The molecule has 0 aromatic heterocycles. The van der Waals surface area contributed by atoms with Crippen LogP contribution in [0.15, 0.2) is 29.3 Å². The largest absolute Gasteiger partial charge is 0.357 e. The van der Waals surface area contributed by atoms with E-state index in [4.69, 9.17) is 0 Å². The molecule has 1 aromatic rings. The highest BCUT2D eigenvalue weighted by Crippen LogP contribution is 2.14. The lowest BCUT2D eigenvalue weighted by atomic mass is 10.1. The highest BCUT2D eigenvalue weighted by Gasteiger charge is 2.25. The predicted molar refractivity (Wildman–Crippen MR) is 104 cm³/mol. The first kappa shape index (κ1) is 19.9. The Labute approximate surface area is 156 Å². The number of hydrogen-bond acceptors (Lipinski definition) is 3. The number of guanidine groups is 1. The van der Waals surface area contributed by atoms with Crippen LogP contribution in [-0.2, 0) is 16.0 Å². The Morgan fingerprint density at radius 2 is 1.81 bits per heavy atom. The number of piperidine rings is 1. The van der Waals surface area contributed by atoms with Crippen molar-refractivity contribution in [3.8, 4) is 0 Å². The number of carbonyl (C=O) groups is 2. The number of imide groups is 1. The smallest absolute Gasteiger partial charge is 0.229 e. The molecule has 2 rings (SSSR count). The molecule has 0 saturated carbocycles. The number of likely N-dealkylation sites (tertiary alicyclic amines) is 1. The van der Waals surface area contributed by atoms with Crippen LogP contribution < -0.4 is 10.6 Å². The molecule has 1 saturated heterocycles. The van der Waals surface area contributed by atoms with Crippen molar-refractivity contribution in [2.24, 2.45) is 4.99 Å². The molecule has 1 aromatic carbocycles. The quantitative estimate of drug-likeness (QED) is 0.446. The highest BCUT2D eigenvalue weighted by molar-refractivity contribution is 5.97. The summed E-state index contributed by atoms with van der Waals surface area (Å²) in [6.45, 7) is 7.72. The van der Waals surface area contributed by atoms with Gasteiger partial charge in [-0.1, -0.05) is 31.2 Å². The molecule has 6 heteroatoms. The van der Waals surface area contributed by atoms with E-state index in [2.05, 4.69) is 53.7 Å². The second-order valence-corrected chi connectivity index (χ2v) is 6.51. The third kappa shape index (κ3) is 5.58. The summed E-state index contributed by atoms with van der Waals surface area (Å²) in [4.78, 5) is 29.6. The summed E-state index contributed by atoms with van der Waals surface area (Å²) in [5, 5.41) is 6.60. The Hall–Kier alpha value is -2.37. The zero-order valence-electron chi connectivity index (χ0n) is 16.0. The molecule has 1 aliphatic rings. The topological polar surface area (TPSA) is 73.8 Å². The van der Waals surface area contributed by atoms with Crippen LogP contribution in [0.4, 0.5) is 0 Å². The van der Waals surface area contributed by atoms with Crippen LogP contribution in [0.25, 0.3) is 0 Å². The molecule has 1 aliphatic heterocycles. The molecular formula is C20H30N4O2. The van der Waals surface area contributed by atoms with E-state index < -0.39 is 0 Å². The average Bonchev–Trinajstić information content (AvgIpc) is 2.64. The number of aliphatic imine (C=N–C) groups is 1. The van der Waals surface area contributed by atoms with Gasteiger partial charge in [0.25, 0.3) is 0 Å². The maximum atomic E-state index is 11.8. The van der Waals surface area contributed by atoms with E-state index in [9.17, 15) is 9.59 Å². The van der Waals surface area contributed by atoms with Gasteiger partial charge in [0, 0.05) is 25.9 Å². The van der Waals surface area contributed by atoms with E-state index in [1.165, 1.54) is 16.0 Å². The van der Waals surface area contributed by atoms with Crippen LogP contribution in [0.2, 0.25) is 0 Å². The molecule has 1 heterocycles. The second-order valence-electron chi connectivity index (χ2n) is 6.51. The molecule has 0 bridgehead atoms. The number of amides is 2. The normalized spacial score (nSPS) is 16.6. The van der Waals surface area contributed by atoms with Gasteiger partial charge in [-0.2, -0.15) is 0 Å². The van der Waals surface area contributed by atoms with Crippen LogP contribution in [0.1, 0.15) is 57.2 Å². The van der Waals surface area contributed by atoms with E-state index in [1.807, 2.05) is 6.92 Å². The number of benzene rings is 1. The van der Waals surface area contributed by atoms with E-state index >= 15 is 0 Å². The van der Waals surface area contributed by atoms with Crippen LogP contribution >= 0.6 is 0 Å². The first-order valence-corrected chi connectivity index (χ1v) is 9.52. The molecule has 1 unspecified atom stereocenters. The maximum Gasteiger partial charge on any atom is 0.229 e. The maximum absolute atomic E-state index is 11.8. The number of nitrogens with one attached hydrogen (secondary N) is 2. The van der Waals surface area contributed by atoms with Gasteiger partial charge in [0.05, 0.1) is 12.6 Å². The SMILES string of the molecule is CCNC(=NCCN1C(=O)CCCC1=O)NC(C)c1ccc(CC)cc1. The molecule has 2 N–H and O–H groups in total. The van der Waals surface area contributed by atoms with Crippen molar-refractivity contribution in [1.82, 2.24) is 15.5 Å². The molecule has 1 fully saturated rings. The third-order valence-electron chi connectivity index (χ3n) is 4.56. The van der Waals surface area contributed by atoms with Gasteiger partial charge in [0.1, 0.15) is 0 Å². The second kappa shape index (κ2) is 9.94. The molecule has 0 aliphatic carbocycles. The molecular weight excluding hydrogens is 328 g/mol. The number of aryl methyl sites for hydroxylation is 1. The van der Waals surface area contributed by atoms with Crippen molar-refractivity contribution in [2.45, 2.75) is 52.5 Å².